The Bertz CT molecular complexity index is 102. The van der Waals surface area contributed by atoms with Gasteiger partial charge in [-0.2, -0.15) is 0 Å². The summed E-state index contributed by atoms with van der Waals surface area (Å²) in [5.41, 5.74) is 0.150. The SMILES string of the molecule is CCCCN(C)C(C)(C)CCl. The fourth-order valence-corrected chi connectivity index (χ4v) is 1.00. The van der Waals surface area contributed by atoms with Crippen LogP contribution in [0.25, 0.3) is 0 Å². The molecule has 11 heavy (non-hydrogen) atoms. The summed E-state index contributed by atoms with van der Waals surface area (Å²) < 4.78 is 0. The van der Waals surface area contributed by atoms with Gasteiger partial charge in [0.25, 0.3) is 0 Å². The van der Waals surface area contributed by atoms with Gasteiger partial charge in [0.05, 0.1) is 0 Å². The molecule has 0 N–H and O–H groups in total. The van der Waals surface area contributed by atoms with E-state index >= 15 is 0 Å². The fraction of sp³-hybridized carbons (Fsp3) is 1.00. The molecule has 2 heteroatoms. The first-order valence-corrected chi connectivity index (χ1v) is 4.85. The normalized spacial score (nSPS) is 12.5. The van der Waals surface area contributed by atoms with Gasteiger partial charge in [-0.15, -0.1) is 11.6 Å². The number of nitrogens with zero attached hydrogens (tertiary/aromatic N) is 1. The van der Waals surface area contributed by atoms with E-state index in [0.717, 1.165) is 6.54 Å². The lowest BCUT2D eigenvalue weighted by Gasteiger charge is -2.33. The Morgan fingerprint density at radius 1 is 1.36 bits per heavy atom. The van der Waals surface area contributed by atoms with E-state index in [2.05, 4.69) is 32.7 Å². The van der Waals surface area contributed by atoms with Gasteiger partial charge in [0.15, 0.2) is 0 Å². The Morgan fingerprint density at radius 3 is 2.27 bits per heavy atom. The first-order chi connectivity index (χ1) is 5.04. The second kappa shape index (κ2) is 5.00. The predicted octanol–water partition coefficient (Wildman–Crippen LogP) is 2.74. The van der Waals surface area contributed by atoms with Crippen molar-refractivity contribution in [3.63, 3.8) is 0 Å². The van der Waals surface area contributed by atoms with Crippen LogP contribution >= 0.6 is 11.6 Å². The molecule has 0 saturated heterocycles. The lowest BCUT2D eigenvalue weighted by Crippen LogP contribution is -2.43. The average Bonchev–Trinajstić information content (AvgIpc) is 2.00. The molecule has 0 aromatic rings. The molecule has 0 saturated carbocycles. The van der Waals surface area contributed by atoms with E-state index in [1.165, 1.54) is 12.8 Å². The molecule has 0 heterocycles. The molecule has 0 aliphatic heterocycles. The van der Waals surface area contributed by atoms with Crippen LogP contribution in [0.15, 0.2) is 0 Å². The van der Waals surface area contributed by atoms with Crippen molar-refractivity contribution in [2.75, 3.05) is 19.5 Å². The van der Waals surface area contributed by atoms with E-state index in [9.17, 15) is 0 Å². The largest absolute Gasteiger partial charge is 0.300 e. The summed E-state index contributed by atoms with van der Waals surface area (Å²) >= 11 is 5.83. The molecule has 0 aromatic heterocycles. The maximum atomic E-state index is 5.83. The Hall–Kier alpha value is 0.250. The summed E-state index contributed by atoms with van der Waals surface area (Å²) in [6.45, 7) is 7.71. The van der Waals surface area contributed by atoms with Crippen molar-refractivity contribution in [1.29, 1.82) is 0 Å². The van der Waals surface area contributed by atoms with Crippen molar-refractivity contribution in [3.05, 3.63) is 0 Å². The number of rotatable bonds is 5. The van der Waals surface area contributed by atoms with Gasteiger partial charge in [-0.05, 0) is 33.9 Å². The van der Waals surface area contributed by atoms with Gasteiger partial charge < -0.3 is 4.90 Å². The molecule has 68 valence electrons. The fourth-order valence-electron chi connectivity index (χ4n) is 0.800. The van der Waals surface area contributed by atoms with Crippen molar-refractivity contribution in [3.8, 4) is 0 Å². The zero-order valence-electron chi connectivity index (χ0n) is 8.15. The highest BCUT2D eigenvalue weighted by atomic mass is 35.5. The quantitative estimate of drug-likeness (QED) is 0.584. The van der Waals surface area contributed by atoms with Gasteiger partial charge in [-0.3, -0.25) is 0 Å². The first-order valence-electron chi connectivity index (χ1n) is 4.31. The molecular formula is C9H20ClN. The molecule has 0 atom stereocenters. The van der Waals surface area contributed by atoms with E-state index in [1.54, 1.807) is 0 Å². The molecule has 0 aliphatic rings. The summed E-state index contributed by atoms with van der Waals surface area (Å²) in [5.74, 6) is 0.702. The molecule has 0 spiro atoms. The van der Waals surface area contributed by atoms with E-state index < -0.39 is 0 Å². The van der Waals surface area contributed by atoms with Gasteiger partial charge in [-0.25, -0.2) is 0 Å². The monoisotopic (exact) mass is 177 g/mol. The number of hydrogen-bond donors (Lipinski definition) is 0. The van der Waals surface area contributed by atoms with Crippen LogP contribution in [0.1, 0.15) is 33.6 Å². The Labute approximate surface area is 75.7 Å². The zero-order valence-corrected chi connectivity index (χ0v) is 8.91. The first kappa shape index (κ1) is 11.2. The molecule has 0 aromatic carbocycles. The highest BCUT2D eigenvalue weighted by molar-refractivity contribution is 6.18. The summed E-state index contributed by atoms with van der Waals surface area (Å²) in [4.78, 5) is 2.32. The van der Waals surface area contributed by atoms with Crippen molar-refractivity contribution < 1.29 is 0 Å². The number of alkyl halides is 1. The van der Waals surface area contributed by atoms with Gasteiger partial charge in [0.2, 0.25) is 0 Å². The third-order valence-corrected chi connectivity index (χ3v) is 2.86. The van der Waals surface area contributed by atoms with Crippen LogP contribution in [-0.4, -0.2) is 29.9 Å². The highest BCUT2D eigenvalue weighted by Gasteiger charge is 2.20. The van der Waals surface area contributed by atoms with Gasteiger partial charge in [-0.1, -0.05) is 13.3 Å². The molecule has 0 aliphatic carbocycles. The minimum Gasteiger partial charge on any atom is -0.300 e. The molecule has 0 radical (unpaired) electrons. The summed E-state index contributed by atoms with van der Waals surface area (Å²) in [5, 5.41) is 0. The Morgan fingerprint density at radius 2 is 1.91 bits per heavy atom. The number of hydrogen-bond acceptors (Lipinski definition) is 1. The predicted molar refractivity (Wildman–Crippen MR) is 52.3 cm³/mol. The van der Waals surface area contributed by atoms with Crippen LogP contribution in [0.3, 0.4) is 0 Å². The minimum absolute atomic E-state index is 0.150. The second-order valence-electron chi connectivity index (χ2n) is 3.72. The maximum absolute atomic E-state index is 5.83. The molecule has 0 amide bonds. The van der Waals surface area contributed by atoms with Crippen molar-refractivity contribution >= 4 is 11.6 Å². The summed E-state index contributed by atoms with van der Waals surface area (Å²) in [7, 11) is 2.14. The van der Waals surface area contributed by atoms with Gasteiger partial charge >= 0.3 is 0 Å². The van der Waals surface area contributed by atoms with E-state index in [4.69, 9.17) is 11.6 Å². The van der Waals surface area contributed by atoms with Gasteiger partial charge in [0, 0.05) is 11.4 Å². The standard InChI is InChI=1S/C9H20ClN/c1-5-6-7-11(4)9(2,3)8-10/h5-8H2,1-4H3. The minimum atomic E-state index is 0.150. The van der Waals surface area contributed by atoms with Crippen molar-refractivity contribution in [2.24, 2.45) is 0 Å². The van der Waals surface area contributed by atoms with Crippen molar-refractivity contribution in [2.45, 2.75) is 39.2 Å². The van der Waals surface area contributed by atoms with E-state index in [1.807, 2.05) is 0 Å². The summed E-state index contributed by atoms with van der Waals surface area (Å²) in [6.07, 6.45) is 2.51. The van der Waals surface area contributed by atoms with Crippen LogP contribution in [0.4, 0.5) is 0 Å². The molecule has 0 fully saturated rings. The Balaban J connectivity index is 3.71. The van der Waals surface area contributed by atoms with Crippen LogP contribution in [0.2, 0.25) is 0 Å². The van der Waals surface area contributed by atoms with Crippen molar-refractivity contribution in [1.82, 2.24) is 4.90 Å². The molecule has 0 unspecified atom stereocenters. The lowest BCUT2D eigenvalue weighted by molar-refractivity contribution is 0.177. The van der Waals surface area contributed by atoms with Gasteiger partial charge in [0.1, 0.15) is 0 Å². The molecule has 0 bridgehead atoms. The maximum Gasteiger partial charge on any atom is 0.0402 e. The van der Waals surface area contributed by atoms with E-state index in [-0.39, 0.29) is 5.54 Å². The van der Waals surface area contributed by atoms with Crippen LogP contribution in [-0.2, 0) is 0 Å². The smallest absolute Gasteiger partial charge is 0.0402 e. The van der Waals surface area contributed by atoms with Crippen LogP contribution in [0.5, 0.6) is 0 Å². The summed E-state index contributed by atoms with van der Waals surface area (Å²) in [6, 6.07) is 0. The number of unbranched alkanes of at least 4 members (excludes halogenated alkanes) is 1. The van der Waals surface area contributed by atoms with Crippen LogP contribution < -0.4 is 0 Å². The zero-order chi connectivity index (χ0) is 8.91. The topological polar surface area (TPSA) is 3.24 Å². The second-order valence-corrected chi connectivity index (χ2v) is 3.99. The number of halogens is 1. The average molecular weight is 178 g/mol. The highest BCUT2D eigenvalue weighted by Crippen LogP contribution is 2.14. The molecule has 0 rings (SSSR count). The third kappa shape index (κ3) is 3.97. The molecular weight excluding hydrogens is 158 g/mol. The third-order valence-electron chi connectivity index (χ3n) is 2.21. The Kier molecular flexibility index (Phi) is 5.11. The lowest BCUT2D eigenvalue weighted by atomic mass is 10.1. The van der Waals surface area contributed by atoms with E-state index in [0.29, 0.717) is 5.88 Å². The van der Waals surface area contributed by atoms with Crippen LogP contribution in [0, 0.1) is 0 Å². The molecule has 1 nitrogen and oxygen atoms in total.